The molecule has 0 spiro atoms. The summed E-state index contributed by atoms with van der Waals surface area (Å²) < 4.78 is 1.68. The maximum Gasteiger partial charge on any atom is 0.253 e. The van der Waals surface area contributed by atoms with E-state index in [1.807, 2.05) is 48.5 Å². The fourth-order valence-electron chi connectivity index (χ4n) is 3.13. The first kappa shape index (κ1) is 19.1. The number of tetrazole rings is 1. The molecule has 1 fully saturated rings. The Bertz CT molecular complexity index is 1010. The Hall–Kier alpha value is -3.20. The Balaban J connectivity index is 1.48. The predicted molar refractivity (Wildman–Crippen MR) is 109 cm³/mol. The maximum absolute atomic E-state index is 12.8. The lowest BCUT2D eigenvalue weighted by Gasteiger charge is -2.23. The molecule has 1 aliphatic heterocycles. The third-order valence-electron chi connectivity index (χ3n) is 4.61. The van der Waals surface area contributed by atoms with Crippen molar-refractivity contribution in [3.05, 3.63) is 66.0 Å². The largest absolute Gasteiger partial charge is 0.354 e. The van der Waals surface area contributed by atoms with Gasteiger partial charge in [0.05, 0.1) is 17.0 Å². The molecule has 2 aromatic carbocycles. The Morgan fingerprint density at radius 2 is 1.97 bits per heavy atom. The minimum atomic E-state index is -0.486. The van der Waals surface area contributed by atoms with Crippen LogP contribution >= 0.6 is 11.8 Å². The molecule has 1 atom stereocenters. The van der Waals surface area contributed by atoms with Crippen LogP contribution in [0.2, 0.25) is 0 Å². The van der Waals surface area contributed by atoms with Gasteiger partial charge in [-0.05, 0) is 47.5 Å². The summed E-state index contributed by atoms with van der Waals surface area (Å²) in [7, 11) is 0. The van der Waals surface area contributed by atoms with E-state index in [-0.39, 0.29) is 11.8 Å². The summed E-state index contributed by atoms with van der Waals surface area (Å²) in [6.45, 7) is 0.660. The number of thioether (sulfide) groups is 1. The summed E-state index contributed by atoms with van der Waals surface area (Å²) >= 11 is 1.48. The second-order valence-corrected chi connectivity index (χ2v) is 7.60. The number of rotatable bonds is 6. The monoisotopic (exact) mass is 408 g/mol. The smallest absolute Gasteiger partial charge is 0.253 e. The molecule has 1 unspecified atom stereocenters. The highest BCUT2D eigenvalue weighted by molar-refractivity contribution is 7.98. The van der Waals surface area contributed by atoms with E-state index in [1.165, 1.54) is 11.8 Å². The van der Waals surface area contributed by atoms with Crippen molar-refractivity contribution in [2.24, 2.45) is 0 Å². The number of benzene rings is 2. The lowest BCUT2D eigenvalue weighted by atomic mass is 10.1. The van der Waals surface area contributed by atoms with Crippen LogP contribution in [0.1, 0.15) is 29.0 Å². The number of hydrogen-bond acceptors (Lipinski definition) is 6. The molecule has 1 aromatic heterocycles. The van der Waals surface area contributed by atoms with Crippen LogP contribution in [0.4, 0.5) is 0 Å². The molecule has 3 aromatic rings. The zero-order valence-corrected chi connectivity index (χ0v) is 16.4. The van der Waals surface area contributed by atoms with Gasteiger partial charge in [0.25, 0.3) is 5.91 Å². The highest BCUT2D eigenvalue weighted by Crippen LogP contribution is 2.26. The molecular formula is C20H20N6O2S. The highest BCUT2D eigenvalue weighted by atomic mass is 32.2. The van der Waals surface area contributed by atoms with Crippen LogP contribution in [-0.2, 0) is 10.5 Å². The van der Waals surface area contributed by atoms with E-state index in [4.69, 9.17) is 0 Å². The second kappa shape index (κ2) is 8.87. The summed E-state index contributed by atoms with van der Waals surface area (Å²) in [5, 5.41) is 17.6. The van der Waals surface area contributed by atoms with E-state index >= 15 is 0 Å². The summed E-state index contributed by atoms with van der Waals surface area (Å²) in [6.07, 6.45) is 1.51. The molecule has 1 aliphatic rings. The third-order valence-corrected chi connectivity index (χ3v) is 5.68. The summed E-state index contributed by atoms with van der Waals surface area (Å²) in [6, 6.07) is 16.5. The Morgan fingerprint density at radius 3 is 2.79 bits per heavy atom. The van der Waals surface area contributed by atoms with Gasteiger partial charge in [0, 0.05) is 11.4 Å². The molecule has 8 nitrogen and oxygen atoms in total. The normalized spacial score (nSPS) is 16.3. The van der Waals surface area contributed by atoms with Gasteiger partial charge in [-0.1, -0.05) is 30.3 Å². The lowest BCUT2D eigenvalue weighted by Crippen LogP contribution is -2.50. The predicted octanol–water partition coefficient (Wildman–Crippen LogP) is 1.96. The topological polar surface area (TPSA) is 102 Å². The van der Waals surface area contributed by atoms with Crippen molar-refractivity contribution < 1.29 is 9.59 Å². The Labute approximate surface area is 172 Å². The second-order valence-electron chi connectivity index (χ2n) is 6.59. The first-order valence-electron chi connectivity index (χ1n) is 9.35. The van der Waals surface area contributed by atoms with Crippen molar-refractivity contribution in [1.82, 2.24) is 30.8 Å². The SMILES string of the molecule is O=C(NC1CCCNC1=O)c1ccccc1SCc1nnnn1-c1ccccc1. The van der Waals surface area contributed by atoms with Crippen molar-refractivity contribution in [1.29, 1.82) is 0 Å². The van der Waals surface area contributed by atoms with Crippen molar-refractivity contribution >= 4 is 23.6 Å². The standard InChI is InChI=1S/C20H20N6O2S/c27-19(22-16-10-6-12-21-20(16)28)15-9-4-5-11-17(15)29-13-18-23-24-25-26(18)14-7-2-1-3-8-14/h1-5,7-9,11,16H,6,10,12-13H2,(H,21,28)(H,22,27). The molecule has 29 heavy (non-hydrogen) atoms. The summed E-state index contributed by atoms with van der Waals surface area (Å²) in [4.78, 5) is 25.5. The fraction of sp³-hybridized carbons (Fsp3) is 0.250. The third kappa shape index (κ3) is 4.45. The Kier molecular flexibility index (Phi) is 5.85. The van der Waals surface area contributed by atoms with Crippen LogP contribution in [0.25, 0.3) is 5.69 Å². The minimum Gasteiger partial charge on any atom is -0.354 e. The van der Waals surface area contributed by atoms with Gasteiger partial charge in [-0.25, -0.2) is 0 Å². The molecule has 0 bridgehead atoms. The number of nitrogens with one attached hydrogen (secondary N) is 2. The molecule has 2 heterocycles. The number of amides is 2. The van der Waals surface area contributed by atoms with Gasteiger partial charge in [-0.15, -0.1) is 16.9 Å². The van der Waals surface area contributed by atoms with Gasteiger partial charge in [0.15, 0.2) is 5.82 Å². The zero-order valence-electron chi connectivity index (χ0n) is 15.6. The number of nitrogens with zero attached hydrogens (tertiary/aromatic N) is 4. The lowest BCUT2D eigenvalue weighted by molar-refractivity contribution is -0.124. The number of carbonyl (C=O) groups excluding carboxylic acids is 2. The van der Waals surface area contributed by atoms with E-state index in [0.29, 0.717) is 30.1 Å². The van der Waals surface area contributed by atoms with Crippen molar-refractivity contribution in [2.75, 3.05) is 6.54 Å². The number of piperidine rings is 1. The summed E-state index contributed by atoms with van der Waals surface area (Å²) in [5.74, 6) is 0.800. The first-order valence-corrected chi connectivity index (χ1v) is 10.3. The van der Waals surface area contributed by atoms with Gasteiger partial charge in [0.2, 0.25) is 5.91 Å². The molecule has 9 heteroatoms. The molecule has 2 N–H and O–H groups in total. The molecule has 1 saturated heterocycles. The van der Waals surface area contributed by atoms with E-state index in [2.05, 4.69) is 26.2 Å². The van der Waals surface area contributed by atoms with Gasteiger partial charge in [0.1, 0.15) is 6.04 Å². The number of aromatic nitrogens is 4. The average Bonchev–Trinajstić information content (AvgIpc) is 3.23. The van der Waals surface area contributed by atoms with Crippen molar-refractivity contribution in [3.63, 3.8) is 0 Å². The fourth-order valence-corrected chi connectivity index (χ4v) is 4.09. The van der Waals surface area contributed by atoms with E-state index < -0.39 is 6.04 Å². The minimum absolute atomic E-state index is 0.128. The van der Waals surface area contributed by atoms with E-state index in [0.717, 1.165) is 17.0 Å². The molecule has 4 rings (SSSR count). The molecule has 148 valence electrons. The van der Waals surface area contributed by atoms with Crippen LogP contribution in [-0.4, -0.2) is 44.6 Å². The van der Waals surface area contributed by atoms with Crippen LogP contribution in [0.3, 0.4) is 0 Å². The Morgan fingerprint density at radius 1 is 1.17 bits per heavy atom. The zero-order chi connectivity index (χ0) is 20.1. The molecule has 2 amide bonds. The molecule has 0 aliphatic carbocycles. The number of para-hydroxylation sites is 1. The quantitative estimate of drug-likeness (QED) is 0.605. The van der Waals surface area contributed by atoms with E-state index in [1.54, 1.807) is 10.7 Å². The van der Waals surface area contributed by atoms with Gasteiger partial charge in [-0.2, -0.15) is 4.68 Å². The van der Waals surface area contributed by atoms with Gasteiger partial charge >= 0.3 is 0 Å². The summed E-state index contributed by atoms with van der Waals surface area (Å²) in [5.41, 5.74) is 1.41. The average molecular weight is 408 g/mol. The van der Waals surface area contributed by atoms with Crippen LogP contribution in [0, 0.1) is 0 Å². The van der Waals surface area contributed by atoms with Gasteiger partial charge in [-0.3, -0.25) is 9.59 Å². The van der Waals surface area contributed by atoms with Crippen molar-refractivity contribution in [3.8, 4) is 5.69 Å². The van der Waals surface area contributed by atoms with Crippen LogP contribution in [0.15, 0.2) is 59.5 Å². The van der Waals surface area contributed by atoms with E-state index in [9.17, 15) is 9.59 Å². The van der Waals surface area contributed by atoms with Gasteiger partial charge < -0.3 is 10.6 Å². The molecule has 0 saturated carbocycles. The first-order chi connectivity index (χ1) is 14.2. The highest BCUT2D eigenvalue weighted by Gasteiger charge is 2.25. The van der Waals surface area contributed by atoms with Crippen LogP contribution < -0.4 is 10.6 Å². The number of carbonyl (C=O) groups is 2. The molecule has 0 radical (unpaired) electrons. The molecular weight excluding hydrogens is 388 g/mol. The van der Waals surface area contributed by atoms with Crippen molar-refractivity contribution in [2.45, 2.75) is 29.5 Å². The maximum atomic E-state index is 12.8. The number of hydrogen-bond donors (Lipinski definition) is 2. The van der Waals surface area contributed by atoms with Crippen LogP contribution in [0.5, 0.6) is 0 Å².